The Morgan fingerprint density at radius 1 is 1.14 bits per heavy atom. The fraction of sp³-hybridized carbons (Fsp3) is 0.412. The maximum atomic E-state index is 12.6. The van der Waals surface area contributed by atoms with Crippen molar-refractivity contribution in [3.05, 3.63) is 36.0 Å². The number of fused-ring (bicyclic) bond motifs is 1. The number of carbonyl (C=O) groups excluding carboxylic acids is 1. The number of hydrogen-bond donors (Lipinski definition) is 2. The van der Waals surface area contributed by atoms with E-state index in [1.54, 1.807) is 6.20 Å². The predicted octanol–water partition coefficient (Wildman–Crippen LogP) is 2.98. The number of nitrogens with zero attached hydrogens (tertiary/aromatic N) is 1. The number of amides is 1. The minimum atomic E-state index is -0.0812. The molecule has 0 spiro atoms. The van der Waals surface area contributed by atoms with Crippen molar-refractivity contribution in [3.8, 4) is 0 Å². The lowest BCUT2D eigenvalue weighted by molar-refractivity contribution is 0.0945. The Bertz CT molecular complexity index is 720. The second-order valence-corrected chi connectivity index (χ2v) is 6.95. The van der Waals surface area contributed by atoms with Crippen LogP contribution in [0.4, 0.5) is 5.82 Å². The quantitative estimate of drug-likeness (QED) is 0.890. The van der Waals surface area contributed by atoms with Crippen LogP contribution in [0.3, 0.4) is 0 Å². The van der Waals surface area contributed by atoms with Gasteiger partial charge in [0.2, 0.25) is 0 Å². The zero-order chi connectivity index (χ0) is 15.4. The molecule has 1 saturated carbocycles. The lowest BCUT2D eigenvalue weighted by Gasteiger charge is -2.10. The van der Waals surface area contributed by atoms with Crippen LogP contribution >= 0.6 is 0 Å². The van der Waals surface area contributed by atoms with Gasteiger partial charge in [0.05, 0.1) is 5.56 Å². The summed E-state index contributed by atoms with van der Waals surface area (Å²) in [4.78, 5) is 16.7. The van der Waals surface area contributed by atoms with Gasteiger partial charge in [-0.15, -0.1) is 0 Å². The van der Waals surface area contributed by atoms with Gasteiger partial charge >= 0.3 is 0 Å². The van der Waals surface area contributed by atoms with Gasteiger partial charge in [-0.1, -0.05) is 52.0 Å². The molecule has 1 aromatic heterocycles. The van der Waals surface area contributed by atoms with Crippen molar-refractivity contribution in [2.24, 2.45) is 10.8 Å². The fourth-order valence-electron chi connectivity index (χ4n) is 3.16. The smallest absolute Gasteiger partial charge is 0.253 e. The van der Waals surface area contributed by atoms with Crippen molar-refractivity contribution in [3.63, 3.8) is 0 Å². The SMILES string of the molecule is CC1(C)C(NC(=O)c2cnc(N)c3ccccc23)C1(C)C. The summed E-state index contributed by atoms with van der Waals surface area (Å²) in [6.07, 6.45) is 1.56. The standard InChI is InChI=1S/C17H21N3O/c1-16(2)15(17(16,3)4)20-14(21)12-9-19-13(18)11-8-6-5-7-10(11)12/h5-9,15H,1-4H3,(H2,18,19)(H,20,21). The number of carbonyl (C=O) groups is 1. The molecule has 0 bridgehead atoms. The van der Waals surface area contributed by atoms with Crippen molar-refractivity contribution in [1.29, 1.82) is 0 Å². The Kier molecular flexibility index (Phi) is 2.77. The van der Waals surface area contributed by atoms with Crippen LogP contribution in [0.25, 0.3) is 10.8 Å². The van der Waals surface area contributed by atoms with Gasteiger partial charge < -0.3 is 11.1 Å². The van der Waals surface area contributed by atoms with Crippen molar-refractivity contribution in [2.45, 2.75) is 33.7 Å². The van der Waals surface area contributed by atoms with Crippen LogP contribution in [0, 0.1) is 10.8 Å². The summed E-state index contributed by atoms with van der Waals surface area (Å²) in [7, 11) is 0. The Labute approximate surface area is 124 Å². The maximum absolute atomic E-state index is 12.6. The summed E-state index contributed by atoms with van der Waals surface area (Å²) in [5.74, 6) is 0.372. The van der Waals surface area contributed by atoms with Crippen molar-refractivity contribution < 1.29 is 4.79 Å². The van der Waals surface area contributed by atoms with E-state index in [2.05, 4.69) is 38.0 Å². The molecule has 0 unspecified atom stereocenters. The number of nitrogens with one attached hydrogen (secondary N) is 1. The van der Waals surface area contributed by atoms with Crippen molar-refractivity contribution in [1.82, 2.24) is 10.3 Å². The lowest BCUT2D eigenvalue weighted by Crippen LogP contribution is -2.30. The van der Waals surface area contributed by atoms with Crippen LogP contribution < -0.4 is 11.1 Å². The van der Waals surface area contributed by atoms with Crippen LogP contribution in [-0.4, -0.2) is 16.9 Å². The van der Waals surface area contributed by atoms with Crippen LogP contribution in [0.5, 0.6) is 0 Å². The molecule has 3 N–H and O–H groups in total. The molecule has 1 aliphatic rings. The van der Waals surface area contributed by atoms with Crippen LogP contribution in [0.1, 0.15) is 38.1 Å². The molecule has 1 heterocycles. The molecule has 21 heavy (non-hydrogen) atoms. The lowest BCUT2D eigenvalue weighted by atomic mass is 10.0. The molecule has 1 aliphatic carbocycles. The third-order valence-corrected chi connectivity index (χ3v) is 5.37. The highest BCUT2D eigenvalue weighted by Gasteiger charge is 2.65. The third kappa shape index (κ3) is 1.89. The summed E-state index contributed by atoms with van der Waals surface area (Å²) in [5.41, 5.74) is 6.69. The second-order valence-electron chi connectivity index (χ2n) is 6.95. The largest absolute Gasteiger partial charge is 0.383 e. The number of aromatic nitrogens is 1. The molecule has 4 heteroatoms. The molecule has 0 aliphatic heterocycles. The van der Waals surface area contributed by atoms with Gasteiger partial charge in [0.1, 0.15) is 5.82 Å². The average Bonchev–Trinajstić information content (AvgIpc) is 2.82. The van der Waals surface area contributed by atoms with Gasteiger partial charge in [-0.3, -0.25) is 4.79 Å². The van der Waals surface area contributed by atoms with E-state index in [1.165, 1.54) is 0 Å². The molecule has 1 amide bonds. The Morgan fingerprint density at radius 2 is 1.71 bits per heavy atom. The summed E-state index contributed by atoms with van der Waals surface area (Å²) >= 11 is 0. The first-order chi connectivity index (χ1) is 9.76. The molecule has 3 rings (SSSR count). The first-order valence-corrected chi connectivity index (χ1v) is 7.21. The molecule has 110 valence electrons. The van der Waals surface area contributed by atoms with Gasteiger partial charge in [-0.2, -0.15) is 0 Å². The first kappa shape index (κ1) is 13.9. The Balaban J connectivity index is 1.95. The third-order valence-electron chi connectivity index (χ3n) is 5.37. The number of hydrogen-bond acceptors (Lipinski definition) is 3. The van der Waals surface area contributed by atoms with Gasteiger partial charge in [0, 0.05) is 17.6 Å². The Morgan fingerprint density at radius 3 is 2.29 bits per heavy atom. The number of rotatable bonds is 2. The number of pyridine rings is 1. The van der Waals surface area contributed by atoms with E-state index in [4.69, 9.17) is 5.73 Å². The predicted molar refractivity (Wildman–Crippen MR) is 85.0 cm³/mol. The normalized spacial score (nSPS) is 19.4. The summed E-state index contributed by atoms with van der Waals surface area (Å²) in [6, 6.07) is 7.78. The maximum Gasteiger partial charge on any atom is 0.253 e. The second kappa shape index (κ2) is 4.20. The molecular formula is C17H21N3O. The van der Waals surface area contributed by atoms with Crippen molar-refractivity contribution >= 4 is 22.5 Å². The van der Waals surface area contributed by atoms with E-state index in [0.29, 0.717) is 11.4 Å². The Hall–Kier alpha value is -2.10. The number of nitrogens with two attached hydrogens (primary N) is 1. The monoisotopic (exact) mass is 283 g/mol. The number of anilines is 1. The van der Waals surface area contributed by atoms with E-state index < -0.39 is 0 Å². The van der Waals surface area contributed by atoms with E-state index in [9.17, 15) is 4.79 Å². The van der Waals surface area contributed by atoms with Gasteiger partial charge in [0.15, 0.2) is 0 Å². The molecule has 1 aromatic carbocycles. The molecule has 2 aromatic rings. The zero-order valence-corrected chi connectivity index (χ0v) is 12.9. The molecule has 4 nitrogen and oxygen atoms in total. The van der Waals surface area contributed by atoms with E-state index in [-0.39, 0.29) is 22.8 Å². The summed E-state index contributed by atoms with van der Waals surface area (Å²) in [6.45, 7) is 8.71. The summed E-state index contributed by atoms with van der Waals surface area (Å²) < 4.78 is 0. The van der Waals surface area contributed by atoms with Crippen LogP contribution in [0.2, 0.25) is 0 Å². The van der Waals surface area contributed by atoms with Gasteiger partial charge in [-0.25, -0.2) is 4.98 Å². The van der Waals surface area contributed by atoms with E-state index in [1.807, 2.05) is 24.3 Å². The molecule has 0 radical (unpaired) electrons. The van der Waals surface area contributed by atoms with Crippen molar-refractivity contribution in [2.75, 3.05) is 5.73 Å². The minimum Gasteiger partial charge on any atom is -0.383 e. The topological polar surface area (TPSA) is 68.0 Å². The number of benzene rings is 1. The summed E-state index contributed by atoms with van der Waals surface area (Å²) in [5, 5.41) is 4.81. The molecule has 1 fully saturated rings. The van der Waals surface area contributed by atoms with E-state index in [0.717, 1.165) is 10.8 Å². The van der Waals surface area contributed by atoms with Crippen LogP contribution in [-0.2, 0) is 0 Å². The number of nitrogen functional groups attached to an aromatic ring is 1. The van der Waals surface area contributed by atoms with Crippen LogP contribution in [0.15, 0.2) is 30.5 Å². The van der Waals surface area contributed by atoms with Gasteiger partial charge in [-0.05, 0) is 16.2 Å². The average molecular weight is 283 g/mol. The molecular weight excluding hydrogens is 262 g/mol. The molecule has 0 atom stereocenters. The highest BCUT2D eigenvalue weighted by Crippen LogP contribution is 2.62. The highest BCUT2D eigenvalue weighted by molar-refractivity contribution is 6.09. The highest BCUT2D eigenvalue weighted by atomic mass is 16.1. The van der Waals surface area contributed by atoms with E-state index >= 15 is 0 Å². The minimum absolute atomic E-state index is 0.0812. The molecule has 0 saturated heterocycles. The zero-order valence-electron chi connectivity index (χ0n) is 12.9. The van der Waals surface area contributed by atoms with Gasteiger partial charge in [0.25, 0.3) is 5.91 Å². The fourth-order valence-corrected chi connectivity index (χ4v) is 3.16. The first-order valence-electron chi connectivity index (χ1n) is 7.21.